The molecule has 92 valence electrons. The van der Waals surface area contributed by atoms with Crippen molar-refractivity contribution in [3.8, 4) is 0 Å². The Morgan fingerprint density at radius 1 is 1.56 bits per heavy atom. The predicted molar refractivity (Wildman–Crippen MR) is 62.1 cm³/mol. The van der Waals surface area contributed by atoms with Crippen LogP contribution in [0.4, 0.5) is 0 Å². The lowest BCUT2D eigenvalue weighted by atomic mass is 9.84. The summed E-state index contributed by atoms with van der Waals surface area (Å²) in [5.41, 5.74) is -0.321. The zero-order chi connectivity index (χ0) is 11.4. The van der Waals surface area contributed by atoms with Gasteiger partial charge in [-0.15, -0.1) is 0 Å². The van der Waals surface area contributed by atoms with Crippen LogP contribution in [0.3, 0.4) is 0 Å². The molecule has 16 heavy (non-hydrogen) atoms. The lowest BCUT2D eigenvalue weighted by Gasteiger charge is -2.30. The van der Waals surface area contributed by atoms with E-state index in [4.69, 9.17) is 4.74 Å². The maximum Gasteiger partial charge on any atom is 0.229 e. The first-order valence-electron chi connectivity index (χ1n) is 6.25. The molecule has 1 atom stereocenters. The van der Waals surface area contributed by atoms with Crippen LogP contribution in [-0.4, -0.2) is 39.3 Å². The summed E-state index contributed by atoms with van der Waals surface area (Å²) in [5.74, 6) is 0.893. The van der Waals surface area contributed by atoms with Gasteiger partial charge in [-0.3, -0.25) is 4.79 Å². The number of hydrogen-bond donors (Lipinski definition) is 2. The Bertz CT molecular complexity index is 245. The monoisotopic (exact) mass is 226 g/mol. The van der Waals surface area contributed by atoms with E-state index in [-0.39, 0.29) is 11.3 Å². The van der Waals surface area contributed by atoms with Gasteiger partial charge < -0.3 is 15.4 Å². The lowest BCUT2D eigenvalue weighted by Crippen LogP contribution is -2.47. The molecular formula is C12H22N2O2. The van der Waals surface area contributed by atoms with Crippen molar-refractivity contribution in [2.45, 2.75) is 25.7 Å². The second-order valence-electron chi connectivity index (χ2n) is 5.15. The van der Waals surface area contributed by atoms with Crippen molar-refractivity contribution >= 4 is 5.91 Å². The SMILES string of the molecule is COCC1(C(=O)NCC2CCC2)CCNC1. The zero-order valence-corrected chi connectivity index (χ0v) is 10.1. The first-order valence-corrected chi connectivity index (χ1v) is 6.25. The minimum absolute atomic E-state index is 0.172. The molecule has 0 spiro atoms. The third kappa shape index (κ3) is 2.38. The van der Waals surface area contributed by atoms with E-state index in [0.717, 1.165) is 32.0 Å². The first-order chi connectivity index (χ1) is 7.77. The largest absolute Gasteiger partial charge is 0.384 e. The van der Waals surface area contributed by atoms with E-state index in [9.17, 15) is 4.79 Å². The van der Waals surface area contributed by atoms with E-state index in [1.54, 1.807) is 7.11 Å². The van der Waals surface area contributed by atoms with Gasteiger partial charge in [0.1, 0.15) is 0 Å². The molecule has 1 aliphatic carbocycles. The van der Waals surface area contributed by atoms with Crippen molar-refractivity contribution in [3.63, 3.8) is 0 Å². The number of ether oxygens (including phenoxy) is 1. The highest BCUT2D eigenvalue weighted by Gasteiger charge is 2.41. The van der Waals surface area contributed by atoms with Crippen molar-refractivity contribution in [1.29, 1.82) is 0 Å². The molecular weight excluding hydrogens is 204 g/mol. The smallest absolute Gasteiger partial charge is 0.229 e. The van der Waals surface area contributed by atoms with Crippen LogP contribution in [-0.2, 0) is 9.53 Å². The summed E-state index contributed by atoms with van der Waals surface area (Å²) in [5, 5.41) is 6.35. The maximum absolute atomic E-state index is 12.2. The van der Waals surface area contributed by atoms with Gasteiger partial charge in [-0.2, -0.15) is 0 Å². The van der Waals surface area contributed by atoms with Crippen LogP contribution in [0.1, 0.15) is 25.7 Å². The zero-order valence-electron chi connectivity index (χ0n) is 10.1. The summed E-state index contributed by atoms with van der Waals surface area (Å²) in [6, 6.07) is 0. The van der Waals surface area contributed by atoms with E-state index in [1.807, 2.05) is 0 Å². The Labute approximate surface area is 97.1 Å². The van der Waals surface area contributed by atoms with Gasteiger partial charge in [0.15, 0.2) is 0 Å². The van der Waals surface area contributed by atoms with E-state index in [2.05, 4.69) is 10.6 Å². The van der Waals surface area contributed by atoms with Crippen LogP contribution >= 0.6 is 0 Å². The molecule has 0 aromatic heterocycles. The summed E-state index contributed by atoms with van der Waals surface area (Å²) >= 11 is 0. The summed E-state index contributed by atoms with van der Waals surface area (Å²) in [4.78, 5) is 12.2. The Balaban J connectivity index is 1.83. The van der Waals surface area contributed by atoms with E-state index in [1.165, 1.54) is 19.3 Å². The molecule has 1 saturated carbocycles. The van der Waals surface area contributed by atoms with Crippen LogP contribution in [0.25, 0.3) is 0 Å². The quantitative estimate of drug-likeness (QED) is 0.719. The first kappa shape index (κ1) is 11.9. The number of nitrogens with one attached hydrogen (secondary N) is 2. The normalized spacial score (nSPS) is 30.1. The number of amides is 1. The fourth-order valence-electron chi connectivity index (χ4n) is 2.52. The molecule has 0 aromatic carbocycles. The Morgan fingerprint density at radius 2 is 2.38 bits per heavy atom. The lowest BCUT2D eigenvalue weighted by molar-refractivity contribution is -0.133. The van der Waals surface area contributed by atoms with Crippen molar-refractivity contribution in [1.82, 2.24) is 10.6 Å². The second kappa shape index (κ2) is 5.15. The third-order valence-corrected chi connectivity index (χ3v) is 3.92. The number of hydrogen-bond acceptors (Lipinski definition) is 3. The maximum atomic E-state index is 12.2. The molecule has 2 fully saturated rings. The molecule has 4 nitrogen and oxygen atoms in total. The Kier molecular flexibility index (Phi) is 3.82. The molecule has 1 unspecified atom stereocenters. The molecule has 1 saturated heterocycles. The number of methoxy groups -OCH3 is 1. The number of carbonyl (C=O) groups is 1. The van der Waals surface area contributed by atoms with Crippen LogP contribution in [0.5, 0.6) is 0 Å². The van der Waals surface area contributed by atoms with Crippen LogP contribution in [0.2, 0.25) is 0 Å². The van der Waals surface area contributed by atoms with E-state index < -0.39 is 0 Å². The average Bonchev–Trinajstić information content (AvgIpc) is 2.65. The standard InChI is InChI=1S/C12H22N2O2/c1-16-9-12(5-6-13-8-12)11(15)14-7-10-3-2-4-10/h10,13H,2-9H2,1H3,(H,14,15). The topological polar surface area (TPSA) is 50.4 Å². The fourth-order valence-corrected chi connectivity index (χ4v) is 2.52. The van der Waals surface area contributed by atoms with Crippen LogP contribution in [0.15, 0.2) is 0 Å². The highest BCUT2D eigenvalue weighted by atomic mass is 16.5. The Hall–Kier alpha value is -0.610. The van der Waals surface area contributed by atoms with Crippen molar-refractivity contribution in [3.05, 3.63) is 0 Å². The summed E-state index contributed by atoms with van der Waals surface area (Å²) < 4.78 is 5.20. The van der Waals surface area contributed by atoms with E-state index >= 15 is 0 Å². The van der Waals surface area contributed by atoms with Gasteiger partial charge in [0.25, 0.3) is 0 Å². The van der Waals surface area contributed by atoms with Crippen molar-refractivity contribution < 1.29 is 9.53 Å². The number of carbonyl (C=O) groups excluding carboxylic acids is 1. The molecule has 1 amide bonds. The third-order valence-electron chi connectivity index (χ3n) is 3.92. The molecule has 1 heterocycles. The molecule has 2 aliphatic rings. The summed E-state index contributed by atoms with van der Waals surface area (Å²) in [7, 11) is 1.67. The highest BCUT2D eigenvalue weighted by Crippen LogP contribution is 2.28. The molecule has 0 radical (unpaired) electrons. The minimum atomic E-state index is -0.321. The second-order valence-corrected chi connectivity index (χ2v) is 5.15. The van der Waals surface area contributed by atoms with Crippen LogP contribution < -0.4 is 10.6 Å². The molecule has 4 heteroatoms. The van der Waals surface area contributed by atoms with Gasteiger partial charge >= 0.3 is 0 Å². The van der Waals surface area contributed by atoms with Crippen molar-refractivity contribution in [2.24, 2.45) is 11.3 Å². The minimum Gasteiger partial charge on any atom is -0.384 e. The fraction of sp³-hybridized carbons (Fsp3) is 0.917. The highest BCUT2D eigenvalue weighted by molar-refractivity contribution is 5.83. The van der Waals surface area contributed by atoms with E-state index in [0.29, 0.717) is 6.61 Å². The van der Waals surface area contributed by atoms with Gasteiger partial charge in [-0.1, -0.05) is 6.42 Å². The van der Waals surface area contributed by atoms with Crippen molar-refractivity contribution in [2.75, 3.05) is 33.4 Å². The molecule has 2 N–H and O–H groups in total. The molecule has 2 rings (SSSR count). The van der Waals surface area contributed by atoms with Crippen LogP contribution in [0, 0.1) is 11.3 Å². The molecule has 0 aromatic rings. The molecule has 0 bridgehead atoms. The van der Waals surface area contributed by atoms with Gasteiger partial charge in [-0.05, 0) is 31.7 Å². The van der Waals surface area contributed by atoms with Gasteiger partial charge in [0.05, 0.1) is 12.0 Å². The predicted octanol–water partition coefficient (Wildman–Crippen LogP) is 0.529. The number of rotatable bonds is 5. The van der Waals surface area contributed by atoms with Gasteiger partial charge in [0.2, 0.25) is 5.91 Å². The average molecular weight is 226 g/mol. The summed E-state index contributed by atoms with van der Waals surface area (Å²) in [6.45, 7) is 3.04. The van der Waals surface area contributed by atoms with Gasteiger partial charge in [0, 0.05) is 20.2 Å². The summed E-state index contributed by atoms with van der Waals surface area (Å²) in [6.07, 6.45) is 4.76. The Morgan fingerprint density at radius 3 is 2.88 bits per heavy atom. The van der Waals surface area contributed by atoms with Gasteiger partial charge in [-0.25, -0.2) is 0 Å². The molecule has 1 aliphatic heterocycles.